The van der Waals surface area contributed by atoms with Crippen molar-refractivity contribution in [3.8, 4) is 57.9 Å². The summed E-state index contributed by atoms with van der Waals surface area (Å²) in [6.45, 7) is 0. The van der Waals surface area contributed by atoms with E-state index in [1.165, 1.54) is 24.3 Å². The largest absolute Gasteiger partial charge is 0.322 e. The van der Waals surface area contributed by atoms with Gasteiger partial charge in [0, 0.05) is 90.2 Å². The molecular weight excluding hydrogens is 1500 g/mol. The van der Waals surface area contributed by atoms with Crippen LogP contribution in [-0.4, -0.2) is 95.6 Å². The third kappa shape index (κ3) is 14.6. The Balaban J connectivity index is 0.000000109. The number of benzene rings is 9. The van der Waals surface area contributed by atoms with Crippen molar-refractivity contribution in [2.75, 3.05) is 21.3 Å². The summed E-state index contributed by atoms with van der Waals surface area (Å²) in [6, 6.07) is 62.0. The summed E-state index contributed by atoms with van der Waals surface area (Å²) in [7, 11) is 0. The average molecular weight is 1550 g/mol. The fourth-order valence-electron chi connectivity index (χ4n) is 12.4. The molecule has 546 valence electrons. The van der Waals surface area contributed by atoms with Gasteiger partial charge in [-0.25, -0.2) is 57.4 Å². The number of halogens is 7. The number of anilines is 8. The van der Waals surface area contributed by atoms with Gasteiger partial charge < -0.3 is 21.3 Å². The van der Waals surface area contributed by atoms with Crippen LogP contribution < -0.4 is 21.3 Å². The van der Waals surface area contributed by atoms with Gasteiger partial charge in [0.2, 0.25) is 0 Å². The number of nitrogens with one attached hydrogen (secondary N) is 8. The van der Waals surface area contributed by atoms with Crippen molar-refractivity contribution < 1.29 is 17.6 Å². The number of hydrogen-bond donors (Lipinski definition) is 8. The number of fused-ring (bicyclic) bond motifs is 8. The second kappa shape index (κ2) is 30.9. The number of rotatable bonds is 12. The van der Waals surface area contributed by atoms with Crippen molar-refractivity contribution >= 4 is 169 Å². The van der Waals surface area contributed by atoms with Gasteiger partial charge in [0.05, 0.1) is 72.1 Å². The molecular formula is C83H50Cl3F4N23. The second-order valence-electron chi connectivity index (χ2n) is 24.9. The number of aromatic nitrogens is 19. The Morgan fingerprint density at radius 3 is 1.22 bits per heavy atom. The van der Waals surface area contributed by atoms with Crippen molar-refractivity contribution in [1.29, 1.82) is 0 Å². The van der Waals surface area contributed by atoms with Crippen LogP contribution in [0.25, 0.3) is 133 Å². The number of hydrogen-bond acceptors (Lipinski definition) is 19. The van der Waals surface area contributed by atoms with E-state index in [1.807, 2.05) is 133 Å². The normalized spacial score (nSPS) is 11.1. The Labute approximate surface area is 650 Å². The summed E-state index contributed by atoms with van der Waals surface area (Å²) in [4.78, 5) is 49.5. The average Bonchev–Trinajstić information content (AvgIpc) is 1.74. The number of pyridine rings is 3. The van der Waals surface area contributed by atoms with Crippen molar-refractivity contribution in [2.45, 2.75) is 0 Å². The molecule has 0 spiro atoms. The quantitative estimate of drug-likeness (QED) is 0.0416. The van der Waals surface area contributed by atoms with Crippen LogP contribution in [0.2, 0.25) is 15.1 Å². The van der Waals surface area contributed by atoms with Gasteiger partial charge in [0.1, 0.15) is 51.8 Å². The van der Waals surface area contributed by atoms with E-state index in [-0.39, 0.29) is 28.4 Å². The van der Waals surface area contributed by atoms with Crippen molar-refractivity contribution in [1.82, 2.24) is 95.6 Å². The zero-order valence-electron chi connectivity index (χ0n) is 58.1. The highest BCUT2D eigenvalue weighted by Gasteiger charge is 2.22. The van der Waals surface area contributed by atoms with Crippen LogP contribution >= 0.6 is 34.8 Å². The lowest BCUT2D eigenvalue weighted by atomic mass is 10.1. The van der Waals surface area contributed by atoms with Gasteiger partial charge in [-0.05, 0) is 127 Å². The molecule has 0 amide bonds. The van der Waals surface area contributed by atoms with E-state index in [0.29, 0.717) is 128 Å². The monoisotopic (exact) mass is 1550 g/mol. The smallest absolute Gasteiger partial charge is 0.163 e. The topological polar surface area (TPSA) is 305 Å². The highest BCUT2D eigenvalue weighted by atomic mass is 35.5. The Kier molecular flexibility index (Phi) is 19.4. The lowest BCUT2D eigenvalue weighted by molar-refractivity contribution is 0.590. The first-order chi connectivity index (χ1) is 55.3. The molecule has 20 rings (SSSR count). The van der Waals surface area contributed by atoms with E-state index < -0.39 is 11.6 Å². The molecule has 9 aromatic carbocycles. The predicted octanol–water partition coefficient (Wildman–Crippen LogP) is 20.3. The van der Waals surface area contributed by atoms with Crippen LogP contribution in [0.1, 0.15) is 5.56 Å². The molecule has 8 N–H and O–H groups in total. The predicted molar refractivity (Wildman–Crippen MR) is 434 cm³/mol. The fourth-order valence-corrected chi connectivity index (χ4v) is 13.1. The Bertz CT molecular complexity index is 6960. The van der Waals surface area contributed by atoms with Crippen molar-refractivity contribution in [2.24, 2.45) is 0 Å². The maximum atomic E-state index is 14.0. The Morgan fingerprint density at radius 1 is 0.301 bits per heavy atom. The van der Waals surface area contributed by atoms with E-state index in [2.05, 4.69) is 113 Å². The SMILES string of the molecule is C#Cc1ccccc1-c1nc(Nc2n[nH]c3ccccc23)c2ccccc2n1.Fc1cc(F)c2[nH]nc(Nc3nc(-c4ccccc4Cl)nc4cnccc34)c2c1.Fc1ccc2[nH]nc(Nc3nc(-c4ccccc4Cl)nc4cnccc34)c2c1.Fc1cccc2c(Nc3nc(-c4ccccc4Cl)nc4cnccc34)n[nH]c12. The zero-order valence-corrected chi connectivity index (χ0v) is 60.4. The summed E-state index contributed by atoms with van der Waals surface area (Å²) < 4.78 is 55.4. The van der Waals surface area contributed by atoms with E-state index in [1.54, 1.807) is 85.7 Å². The third-order valence-corrected chi connectivity index (χ3v) is 18.8. The Hall–Kier alpha value is -15.0. The molecule has 0 atom stereocenters. The summed E-state index contributed by atoms with van der Waals surface area (Å²) in [6.07, 6.45) is 15.5. The number of H-pyrrole nitrogens is 4. The lowest BCUT2D eigenvalue weighted by Gasteiger charge is -2.11. The molecule has 113 heavy (non-hydrogen) atoms. The van der Waals surface area contributed by atoms with Gasteiger partial charge >= 0.3 is 0 Å². The molecule has 0 bridgehead atoms. The molecule has 0 aliphatic heterocycles. The lowest BCUT2D eigenvalue weighted by Crippen LogP contribution is -2.00. The minimum absolute atomic E-state index is 0.0975. The van der Waals surface area contributed by atoms with Crippen LogP contribution in [0.4, 0.5) is 64.1 Å². The van der Waals surface area contributed by atoms with Gasteiger partial charge in [0.15, 0.2) is 52.4 Å². The second-order valence-corrected chi connectivity index (χ2v) is 26.1. The maximum Gasteiger partial charge on any atom is 0.163 e. The standard InChI is InChI=1S/C23H15N5.C20H11ClF2N6.2C20H12ClFN6/c1-2-15-9-3-4-10-16(15)21-24-19-13-7-5-11-17(19)22(25-21)26-23-18-12-6-8-14-20(18)27-28-23;21-14-4-2-1-3-11(14)18-25-16-9-24-6-5-12(16)19(26-18)27-20-13-7-10(22)8-15(23)17(13)28-29-20;21-14-6-2-1-4-11(14)18-24-16-10-23-9-8-12(16)19(25-18)26-20-13-5-3-7-15(22)17(13)27-28-20;21-15-4-2-1-3-12(15)18-24-17-10-23-8-7-13(17)19(25-18)26-20-14-9-11(22)5-6-16(14)27-28-20/h1,3-14H,(H2,24,25,26,27,28);1-9H,(H2,25,26,27,28,29);2*1-10H,(H2,24,25,26,27,28). The van der Waals surface area contributed by atoms with E-state index in [4.69, 9.17) is 51.2 Å². The van der Waals surface area contributed by atoms with E-state index >= 15 is 0 Å². The first-order valence-electron chi connectivity index (χ1n) is 34.4. The van der Waals surface area contributed by atoms with Gasteiger partial charge in [-0.2, -0.15) is 20.4 Å². The van der Waals surface area contributed by atoms with Crippen LogP contribution in [0.3, 0.4) is 0 Å². The molecule has 30 heteroatoms. The number of para-hydroxylation sites is 3. The molecule has 0 aliphatic carbocycles. The molecule has 0 saturated carbocycles. The molecule has 0 fully saturated rings. The maximum absolute atomic E-state index is 14.0. The minimum atomic E-state index is -0.728. The summed E-state index contributed by atoms with van der Waals surface area (Å²) in [5.74, 6) is 6.49. The number of nitrogens with zero attached hydrogens (tertiary/aromatic N) is 15. The van der Waals surface area contributed by atoms with Gasteiger partial charge in [-0.3, -0.25) is 35.3 Å². The molecule has 23 nitrogen and oxygen atoms in total. The summed E-state index contributed by atoms with van der Waals surface area (Å²) in [5, 5.41) is 48.2. The van der Waals surface area contributed by atoms with Crippen molar-refractivity contribution in [3.05, 3.63) is 293 Å². The van der Waals surface area contributed by atoms with Crippen molar-refractivity contribution in [3.63, 3.8) is 0 Å². The van der Waals surface area contributed by atoms with E-state index in [9.17, 15) is 17.6 Å². The first kappa shape index (κ1) is 71.0. The molecule has 0 unspecified atom stereocenters. The first-order valence-corrected chi connectivity index (χ1v) is 35.5. The van der Waals surface area contributed by atoms with Gasteiger partial charge in [-0.15, -0.1) is 6.42 Å². The van der Waals surface area contributed by atoms with Gasteiger partial charge in [0.25, 0.3) is 0 Å². The molecule has 0 radical (unpaired) electrons. The molecule has 0 saturated heterocycles. The molecule has 11 heterocycles. The molecule has 0 aliphatic rings. The van der Waals surface area contributed by atoms with E-state index in [0.717, 1.165) is 61.1 Å². The number of aromatic amines is 4. The summed E-state index contributed by atoms with van der Waals surface area (Å²) in [5.41, 5.74) is 8.46. The zero-order chi connectivity index (χ0) is 77.1. The van der Waals surface area contributed by atoms with Crippen LogP contribution in [0, 0.1) is 35.6 Å². The van der Waals surface area contributed by atoms with Crippen LogP contribution in [0.5, 0.6) is 0 Å². The van der Waals surface area contributed by atoms with Gasteiger partial charge in [-0.1, -0.05) is 120 Å². The highest BCUT2D eigenvalue weighted by Crippen LogP contribution is 2.38. The highest BCUT2D eigenvalue weighted by molar-refractivity contribution is 6.34. The molecule has 11 aromatic heterocycles. The summed E-state index contributed by atoms with van der Waals surface area (Å²) >= 11 is 19.0. The third-order valence-electron chi connectivity index (χ3n) is 17.8. The van der Waals surface area contributed by atoms with Crippen LogP contribution in [0.15, 0.2) is 250 Å². The van der Waals surface area contributed by atoms with Crippen LogP contribution in [-0.2, 0) is 0 Å². The molecule has 20 aromatic rings. The minimum Gasteiger partial charge on any atom is -0.322 e. The fraction of sp³-hybridized carbons (Fsp3) is 0. The number of terminal acetylenes is 1. The Morgan fingerprint density at radius 2 is 0.690 bits per heavy atom.